The number of unbranched alkanes of at least 4 members (excludes halogenated alkanes) is 1. The topological polar surface area (TPSA) is 29.1 Å². The molecule has 2 saturated carbocycles. The van der Waals surface area contributed by atoms with Gasteiger partial charge in [0.1, 0.15) is 0 Å². The van der Waals surface area contributed by atoms with E-state index < -0.39 is 0 Å². The molecule has 1 spiro atoms. The van der Waals surface area contributed by atoms with Crippen LogP contribution in [0.25, 0.3) is 0 Å². The average molecular weight is 223 g/mol. The zero-order valence-electron chi connectivity index (χ0n) is 10.5. The third kappa shape index (κ3) is 2.58. The van der Waals surface area contributed by atoms with Crippen molar-refractivity contribution in [2.45, 2.75) is 58.3 Å². The molecule has 0 aromatic carbocycles. The van der Waals surface area contributed by atoms with E-state index in [1.807, 2.05) is 0 Å². The molecule has 92 valence electrons. The molecule has 2 aliphatic rings. The molecule has 2 nitrogen and oxygen atoms in total. The van der Waals surface area contributed by atoms with E-state index >= 15 is 0 Å². The molecule has 2 atom stereocenters. The van der Waals surface area contributed by atoms with Crippen molar-refractivity contribution in [3.05, 3.63) is 0 Å². The van der Waals surface area contributed by atoms with E-state index in [1.165, 1.54) is 51.4 Å². The van der Waals surface area contributed by atoms with Crippen LogP contribution in [-0.4, -0.2) is 13.0 Å². The van der Waals surface area contributed by atoms with Gasteiger partial charge in [-0.3, -0.25) is 4.79 Å². The third-order valence-corrected chi connectivity index (χ3v) is 4.82. The fourth-order valence-electron chi connectivity index (χ4n) is 3.56. The smallest absolute Gasteiger partial charge is 0.207 e. The molecule has 0 radical (unpaired) electrons. The Kier molecular flexibility index (Phi) is 3.88. The highest BCUT2D eigenvalue weighted by Gasteiger charge is 2.50. The lowest BCUT2D eigenvalue weighted by molar-refractivity contribution is -0.109. The van der Waals surface area contributed by atoms with Gasteiger partial charge in [-0.05, 0) is 55.8 Å². The Hall–Kier alpha value is -0.530. The lowest BCUT2D eigenvalue weighted by atomic mass is 9.69. The molecule has 2 unspecified atom stereocenters. The number of rotatable bonds is 6. The molecular weight excluding hydrogens is 198 g/mol. The summed E-state index contributed by atoms with van der Waals surface area (Å²) >= 11 is 0. The number of hydrogen-bond acceptors (Lipinski definition) is 1. The van der Waals surface area contributed by atoms with Crippen molar-refractivity contribution in [3.63, 3.8) is 0 Å². The zero-order chi connectivity index (χ0) is 11.4. The summed E-state index contributed by atoms with van der Waals surface area (Å²) in [5.41, 5.74) is 0.757. The molecule has 0 aliphatic heterocycles. The van der Waals surface area contributed by atoms with Crippen LogP contribution in [0.1, 0.15) is 58.3 Å². The van der Waals surface area contributed by atoms with E-state index in [1.54, 1.807) is 0 Å². The van der Waals surface area contributed by atoms with E-state index in [9.17, 15) is 4.79 Å². The minimum atomic E-state index is 0.748. The van der Waals surface area contributed by atoms with Crippen molar-refractivity contribution in [1.29, 1.82) is 0 Å². The molecular formula is C14H25NO. The standard InChI is InChI=1S/C14H25NO/c1-2-3-4-13-9-12(10-15-11-16)5-6-14(13)7-8-14/h11-13H,2-10H2,1H3,(H,15,16). The second-order valence-corrected chi connectivity index (χ2v) is 5.87. The summed E-state index contributed by atoms with van der Waals surface area (Å²) in [7, 11) is 0. The van der Waals surface area contributed by atoms with E-state index in [-0.39, 0.29) is 0 Å². The monoisotopic (exact) mass is 223 g/mol. The first kappa shape index (κ1) is 11.9. The van der Waals surface area contributed by atoms with E-state index in [0.29, 0.717) is 0 Å². The second-order valence-electron chi connectivity index (χ2n) is 5.87. The summed E-state index contributed by atoms with van der Waals surface area (Å²) in [6.07, 6.45) is 12.1. The molecule has 0 heterocycles. The van der Waals surface area contributed by atoms with Crippen LogP contribution < -0.4 is 5.32 Å². The average Bonchev–Trinajstić information content (AvgIpc) is 3.07. The lowest BCUT2D eigenvalue weighted by Crippen LogP contribution is -2.32. The van der Waals surface area contributed by atoms with Crippen LogP contribution in [0.4, 0.5) is 0 Å². The van der Waals surface area contributed by atoms with Crippen LogP contribution in [-0.2, 0) is 4.79 Å². The molecule has 1 N–H and O–H groups in total. The van der Waals surface area contributed by atoms with Crippen LogP contribution in [0.15, 0.2) is 0 Å². The van der Waals surface area contributed by atoms with Crippen LogP contribution in [0.5, 0.6) is 0 Å². The van der Waals surface area contributed by atoms with Gasteiger partial charge in [0, 0.05) is 6.54 Å². The molecule has 0 bridgehead atoms. The highest BCUT2D eigenvalue weighted by atomic mass is 16.1. The maximum atomic E-state index is 10.3. The SMILES string of the molecule is CCCCC1CC(CNC=O)CCC12CC2. The van der Waals surface area contributed by atoms with Crippen LogP contribution in [0.3, 0.4) is 0 Å². The van der Waals surface area contributed by atoms with Crippen molar-refractivity contribution in [2.75, 3.05) is 6.54 Å². The summed E-state index contributed by atoms with van der Waals surface area (Å²) in [4.78, 5) is 10.3. The Balaban J connectivity index is 1.83. The number of hydrogen-bond donors (Lipinski definition) is 1. The molecule has 2 aliphatic carbocycles. The zero-order valence-corrected chi connectivity index (χ0v) is 10.5. The normalized spacial score (nSPS) is 31.3. The van der Waals surface area contributed by atoms with Crippen molar-refractivity contribution < 1.29 is 4.79 Å². The van der Waals surface area contributed by atoms with E-state index in [2.05, 4.69) is 12.2 Å². The summed E-state index contributed by atoms with van der Waals surface area (Å²) in [6, 6.07) is 0. The van der Waals surface area contributed by atoms with Crippen molar-refractivity contribution in [3.8, 4) is 0 Å². The van der Waals surface area contributed by atoms with E-state index in [4.69, 9.17) is 0 Å². The Morgan fingerprint density at radius 2 is 2.19 bits per heavy atom. The van der Waals surface area contributed by atoms with Crippen molar-refractivity contribution in [1.82, 2.24) is 5.32 Å². The first-order valence-corrected chi connectivity index (χ1v) is 6.98. The van der Waals surface area contributed by atoms with Gasteiger partial charge < -0.3 is 5.32 Å². The minimum Gasteiger partial charge on any atom is -0.358 e. The fraction of sp³-hybridized carbons (Fsp3) is 0.929. The van der Waals surface area contributed by atoms with Crippen LogP contribution >= 0.6 is 0 Å². The first-order chi connectivity index (χ1) is 7.80. The fourth-order valence-corrected chi connectivity index (χ4v) is 3.56. The second kappa shape index (κ2) is 5.20. The summed E-state index contributed by atoms with van der Waals surface area (Å²) < 4.78 is 0. The van der Waals surface area contributed by atoms with Crippen molar-refractivity contribution >= 4 is 6.41 Å². The quantitative estimate of drug-likeness (QED) is 0.689. The Morgan fingerprint density at radius 1 is 1.38 bits per heavy atom. The van der Waals surface area contributed by atoms with Gasteiger partial charge in [-0.1, -0.05) is 19.8 Å². The van der Waals surface area contributed by atoms with Crippen molar-refractivity contribution in [2.24, 2.45) is 17.3 Å². The molecule has 16 heavy (non-hydrogen) atoms. The van der Waals surface area contributed by atoms with Crippen LogP contribution in [0, 0.1) is 17.3 Å². The number of amides is 1. The van der Waals surface area contributed by atoms with Gasteiger partial charge >= 0.3 is 0 Å². The molecule has 2 heteroatoms. The largest absolute Gasteiger partial charge is 0.358 e. The van der Waals surface area contributed by atoms with Gasteiger partial charge in [-0.25, -0.2) is 0 Å². The Labute approximate surface area is 99.2 Å². The first-order valence-electron chi connectivity index (χ1n) is 6.98. The van der Waals surface area contributed by atoms with Gasteiger partial charge in [-0.15, -0.1) is 0 Å². The Bertz CT molecular complexity index is 235. The molecule has 2 rings (SSSR count). The van der Waals surface area contributed by atoms with E-state index in [0.717, 1.165) is 30.2 Å². The molecule has 0 saturated heterocycles. The molecule has 1 amide bonds. The summed E-state index contributed by atoms with van der Waals surface area (Å²) in [5, 5.41) is 2.86. The lowest BCUT2D eigenvalue weighted by Gasteiger charge is -2.36. The molecule has 0 aromatic heterocycles. The highest BCUT2D eigenvalue weighted by Crippen LogP contribution is 2.61. The van der Waals surface area contributed by atoms with Gasteiger partial charge in [-0.2, -0.15) is 0 Å². The third-order valence-electron chi connectivity index (χ3n) is 4.82. The number of nitrogens with one attached hydrogen (secondary N) is 1. The summed E-state index contributed by atoms with van der Waals surface area (Å²) in [6.45, 7) is 3.19. The maximum Gasteiger partial charge on any atom is 0.207 e. The van der Waals surface area contributed by atoms with Gasteiger partial charge in [0.05, 0.1) is 0 Å². The maximum absolute atomic E-state index is 10.3. The number of carbonyl (C=O) groups excluding carboxylic acids is 1. The number of carbonyl (C=O) groups is 1. The predicted octanol–water partition coefficient (Wildman–Crippen LogP) is 3.12. The van der Waals surface area contributed by atoms with Gasteiger partial charge in [0.15, 0.2) is 0 Å². The van der Waals surface area contributed by atoms with Gasteiger partial charge in [0.2, 0.25) is 6.41 Å². The molecule has 2 fully saturated rings. The minimum absolute atomic E-state index is 0.748. The van der Waals surface area contributed by atoms with Crippen LogP contribution in [0.2, 0.25) is 0 Å². The summed E-state index contributed by atoms with van der Waals surface area (Å²) in [5.74, 6) is 1.71. The molecule has 0 aromatic rings. The predicted molar refractivity (Wildman–Crippen MR) is 66.1 cm³/mol. The van der Waals surface area contributed by atoms with Gasteiger partial charge in [0.25, 0.3) is 0 Å². The Morgan fingerprint density at radius 3 is 2.81 bits per heavy atom. The highest BCUT2D eigenvalue weighted by molar-refractivity contribution is 5.45.